The van der Waals surface area contributed by atoms with Crippen LogP contribution in [-0.2, 0) is 12.8 Å². The number of hydrogen-bond donors (Lipinski definition) is 1. The van der Waals surface area contributed by atoms with Crippen LogP contribution in [0.2, 0.25) is 5.02 Å². The minimum absolute atomic E-state index is 0.214. The fourth-order valence-corrected chi connectivity index (χ4v) is 3.66. The number of rotatable bonds is 3. The lowest BCUT2D eigenvalue weighted by molar-refractivity contribution is 0.627. The van der Waals surface area contributed by atoms with Crippen LogP contribution in [-0.4, -0.2) is 16.3 Å². The highest BCUT2D eigenvalue weighted by Crippen LogP contribution is 2.31. The van der Waals surface area contributed by atoms with Crippen LogP contribution in [0.5, 0.6) is 0 Å². The zero-order valence-electron chi connectivity index (χ0n) is 14.7. The minimum Gasteiger partial charge on any atom is -0.370 e. The number of benzene rings is 2. The van der Waals surface area contributed by atoms with Gasteiger partial charge in [-0.25, -0.2) is 9.07 Å². The molecule has 4 rings (SSSR count). The fourth-order valence-electron chi connectivity index (χ4n) is 3.50. The number of hydrogen-bond acceptors (Lipinski definition) is 2. The van der Waals surface area contributed by atoms with Gasteiger partial charge in [-0.15, -0.1) is 0 Å². The molecule has 0 fully saturated rings. The summed E-state index contributed by atoms with van der Waals surface area (Å²) < 4.78 is 15.2. The predicted molar refractivity (Wildman–Crippen MR) is 104 cm³/mol. The van der Waals surface area contributed by atoms with Crippen molar-refractivity contribution in [3.63, 3.8) is 0 Å². The molecular weight excluding hydrogens is 349 g/mol. The van der Waals surface area contributed by atoms with Gasteiger partial charge < -0.3 is 5.32 Å². The third-order valence-electron chi connectivity index (χ3n) is 4.90. The molecule has 0 saturated heterocycles. The first-order valence-electron chi connectivity index (χ1n) is 8.97. The molecule has 3 nitrogen and oxygen atoms in total. The molecule has 0 unspecified atom stereocenters. The molecule has 1 aliphatic rings. The first kappa shape index (κ1) is 17.1. The summed E-state index contributed by atoms with van der Waals surface area (Å²) in [6, 6.07) is 12.5. The zero-order valence-corrected chi connectivity index (χ0v) is 15.5. The molecule has 0 radical (unpaired) electrons. The Kier molecular flexibility index (Phi) is 4.68. The minimum atomic E-state index is -0.214. The van der Waals surface area contributed by atoms with Crippen LogP contribution in [0.3, 0.4) is 0 Å². The van der Waals surface area contributed by atoms with Gasteiger partial charge in [0.25, 0.3) is 0 Å². The van der Waals surface area contributed by atoms with Crippen molar-refractivity contribution in [2.75, 3.05) is 11.9 Å². The van der Waals surface area contributed by atoms with E-state index in [1.165, 1.54) is 17.7 Å². The Hall–Kier alpha value is -2.33. The van der Waals surface area contributed by atoms with E-state index in [1.807, 2.05) is 35.0 Å². The number of nitrogens with one attached hydrogen (secondary N) is 1. The Morgan fingerprint density at radius 1 is 1.15 bits per heavy atom. The topological polar surface area (TPSA) is 29.9 Å². The second-order valence-corrected chi connectivity index (χ2v) is 7.24. The van der Waals surface area contributed by atoms with Gasteiger partial charge in [0.05, 0.1) is 11.4 Å². The van der Waals surface area contributed by atoms with Gasteiger partial charge in [-0.1, -0.05) is 29.8 Å². The highest BCUT2D eigenvalue weighted by Gasteiger charge is 2.21. The van der Waals surface area contributed by atoms with E-state index in [0.717, 1.165) is 54.1 Å². The summed E-state index contributed by atoms with van der Waals surface area (Å²) in [6.45, 7) is 3.00. The molecule has 0 saturated carbocycles. The normalized spacial score (nSPS) is 13.8. The van der Waals surface area contributed by atoms with E-state index in [-0.39, 0.29) is 5.82 Å². The van der Waals surface area contributed by atoms with Crippen LogP contribution in [0.1, 0.15) is 35.2 Å². The molecule has 2 heterocycles. The number of nitrogens with zero attached hydrogens (tertiary/aromatic N) is 2. The van der Waals surface area contributed by atoms with Crippen LogP contribution >= 0.6 is 11.6 Å². The molecule has 1 aliphatic heterocycles. The summed E-state index contributed by atoms with van der Waals surface area (Å²) in [5.74, 6) is 0.847. The van der Waals surface area contributed by atoms with Crippen LogP contribution in [0.25, 0.3) is 5.69 Å². The first-order chi connectivity index (χ1) is 12.6. The van der Waals surface area contributed by atoms with E-state index in [9.17, 15) is 4.39 Å². The van der Waals surface area contributed by atoms with Crippen molar-refractivity contribution in [1.29, 1.82) is 0 Å². The molecule has 0 spiro atoms. The Morgan fingerprint density at radius 3 is 2.77 bits per heavy atom. The summed E-state index contributed by atoms with van der Waals surface area (Å²) in [5.41, 5.74) is 5.48. The number of aromatic nitrogens is 2. The van der Waals surface area contributed by atoms with Gasteiger partial charge in [-0.2, -0.15) is 5.10 Å². The molecule has 1 aromatic heterocycles. The number of fused-ring (bicyclic) bond motifs is 1. The van der Waals surface area contributed by atoms with Crippen LogP contribution in [0.4, 0.5) is 10.2 Å². The Bertz CT molecular complexity index is 931. The fraction of sp³-hybridized carbons (Fsp3) is 0.286. The Labute approximate surface area is 157 Å². The van der Waals surface area contributed by atoms with Crippen LogP contribution in [0, 0.1) is 12.7 Å². The molecule has 5 heteroatoms. The van der Waals surface area contributed by atoms with Crippen molar-refractivity contribution in [3.05, 3.63) is 75.7 Å². The summed E-state index contributed by atoms with van der Waals surface area (Å²) in [4.78, 5) is 0. The molecule has 26 heavy (non-hydrogen) atoms. The molecular formula is C21H21ClFN3. The van der Waals surface area contributed by atoms with Gasteiger partial charge in [0, 0.05) is 23.6 Å². The standard InChI is InChI=1S/C21H21ClFN3/c1-14-5-8-16(22)13-20(14)26-21-18(4-2-3-11-24-21)19(25-26)12-15-6-9-17(23)10-7-15/h5-10,13,24H,2-4,11-12H2,1H3. The lowest BCUT2D eigenvalue weighted by Gasteiger charge is -2.12. The van der Waals surface area contributed by atoms with Crippen molar-refractivity contribution in [3.8, 4) is 5.69 Å². The van der Waals surface area contributed by atoms with Gasteiger partial charge in [0.1, 0.15) is 11.6 Å². The SMILES string of the molecule is Cc1ccc(Cl)cc1-n1nc(Cc2ccc(F)cc2)c2c1NCCCC2. The van der Waals surface area contributed by atoms with E-state index in [0.29, 0.717) is 11.4 Å². The molecule has 0 aliphatic carbocycles. The molecule has 134 valence electrons. The van der Waals surface area contributed by atoms with E-state index in [4.69, 9.17) is 16.7 Å². The first-order valence-corrected chi connectivity index (χ1v) is 9.35. The number of halogens is 2. The highest BCUT2D eigenvalue weighted by atomic mass is 35.5. The lowest BCUT2D eigenvalue weighted by Crippen LogP contribution is -2.08. The molecule has 0 atom stereocenters. The summed E-state index contributed by atoms with van der Waals surface area (Å²) in [7, 11) is 0. The lowest BCUT2D eigenvalue weighted by atomic mass is 10.0. The zero-order chi connectivity index (χ0) is 18.1. The van der Waals surface area contributed by atoms with E-state index < -0.39 is 0 Å². The average molecular weight is 370 g/mol. The third-order valence-corrected chi connectivity index (χ3v) is 5.13. The largest absolute Gasteiger partial charge is 0.370 e. The third kappa shape index (κ3) is 3.34. The van der Waals surface area contributed by atoms with Crippen LogP contribution in [0.15, 0.2) is 42.5 Å². The van der Waals surface area contributed by atoms with Crippen molar-refractivity contribution >= 4 is 17.4 Å². The maximum atomic E-state index is 13.2. The number of anilines is 1. The maximum Gasteiger partial charge on any atom is 0.133 e. The van der Waals surface area contributed by atoms with Gasteiger partial charge in [0.2, 0.25) is 0 Å². The quantitative estimate of drug-likeness (QED) is 0.677. The van der Waals surface area contributed by atoms with Gasteiger partial charge in [-0.05, 0) is 61.6 Å². The molecule has 1 N–H and O–H groups in total. The second kappa shape index (κ2) is 7.12. The van der Waals surface area contributed by atoms with Crippen molar-refractivity contribution in [2.24, 2.45) is 0 Å². The Balaban J connectivity index is 1.81. The van der Waals surface area contributed by atoms with Gasteiger partial charge >= 0.3 is 0 Å². The predicted octanol–water partition coefficient (Wildman–Crippen LogP) is 5.31. The van der Waals surface area contributed by atoms with E-state index >= 15 is 0 Å². The van der Waals surface area contributed by atoms with E-state index in [1.54, 1.807) is 0 Å². The Morgan fingerprint density at radius 2 is 1.96 bits per heavy atom. The molecule has 0 amide bonds. The molecule has 2 aromatic carbocycles. The van der Waals surface area contributed by atoms with Crippen molar-refractivity contribution in [1.82, 2.24) is 9.78 Å². The van der Waals surface area contributed by atoms with Gasteiger partial charge in [0.15, 0.2) is 0 Å². The molecule has 0 bridgehead atoms. The summed E-state index contributed by atoms with van der Waals surface area (Å²) in [5, 5.41) is 9.17. The second-order valence-electron chi connectivity index (χ2n) is 6.80. The van der Waals surface area contributed by atoms with Crippen LogP contribution < -0.4 is 5.32 Å². The van der Waals surface area contributed by atoms with Crippen molar-refractivity contribution in [2.45, 2.75) is 32.6 Å². The number of aryl methyl sites for hydroxylation is 1. The van der Waals surface area contributed by atoms with E-state index in [2.05, 4.69) is 12.2 Å². The smallest absolute Gasteiger partial charge is 0.133 e. The van der Waals surface area contributed by atoms with Crippen molar-refractivity contribution < 1.29 is 4.39 Å². The summed E-state index contributed by atoms with van der Waals surface area (Å²) >= 11 is 6.24. The maximum absolute atomic E-state index is 13.2. The monoisotopic (exact) mass is 369 g/mol. The van der Waals surface area contributed by atoms with Gasteiger partial charge in [-0.3, -0.25) is 0 Å². The highest BCUT2D eigenvalue weighted by molar-refractivity contribution is 6.30. The molecule has 3 aromatic rings. The average Bonchev–Trinajstić information content (AvgIpc) is 2.81. The summed E-state index contributed by atoms with van der Waals surface area (Å²) in [6.07, 6.45) is 3.96.